The van der Waals surface area contributed by atoms with Gasteiger partial charge in [0.15, 0.2) is 0 Å². The third kappa shape index (κ3) is 2.68. The molecular weight excluding hydrogens is 308 g/mol. The number of anilines is 2. The topological polar surface area (TPSA) is 98.0 Å². The van der Waals surface area contributed by atoms with Crippen LogP contribution in [0.1, 0.15) is 11.4 Å². The predicted molar refractivity (Wildman–Crippen MR) is 90.6 cm³/mol. The van der Waals surface area contributed by atoms with Gasteiger partial charge in [0.05, 0.1) is 0 Å². The van der Waals surface area contributed by atoms with Crippen molar-refractivity contribution < 1.29 is 0 Å². The second kappa shape index (κ2) is 5.47. The van der Waals surface area contributed by atoms with E-state index in [4.69, 9.17) is 0 Å². The molecule has 2 fully saturated rings. The Kier molecular flexibility index (Phi) is 3.40. The van der Waals surface area contributed by atoms with Gasteiger partial charge >= 0.3 is 5.69 Å². The van der Waals surface area contributed by atoms with Crippen LogP contribution < -0.4 is 21.0 Å². The lowest BCUT2D eigenvalue weighted by atomic mass is 10.0. The van der Waals surface area contributed by atoms with E-state index in [1.165, 1.54) is 6.07 Å². The highest BCUT2D eigenvalue weighted by Gasteiger charge is 2.41. The van der Waals surface area contributed by atoms with Gasteiger partial charge in [0.1, 0.15) is 5.82 Å². The number of nitrogens with one attached hydrogen (secondary N) is 2. The average molecular weight is 328 g/mol. The van der Waals surface area contributed by atoms with Crippen molar-refractivity contribution in [2.24, 2.45) is 11.8 Å². The van der Waals surface area contributed by atoms with Gasteiger partial charge in [-0.05, 0) is 19.9 Å². The van der Waals surface area contributed by atoms with Gasteiger partial charge in [-0.25, -0.2) is 14.8 Å². The summed E-state index contributed by atoms with van der Waals surface area (Å²) in [6.45, 7) is 7.42. The van der Waals surface area contributed by atoms with E-state index < -0.39 is 5.69 Å². The van der Waals surface area contributed by atoms with Crippen LogP contribution in [0.15, 0.2) is 21.7 Å². The van der Waals surface area contributed by atoms with Gasteiger partial charge in [-0.3, -0.25) is 14.8 Å². The normalized spacial score (nSPS) is 22.9. The van der Waals surface area contributed by atoms with E-state index in [1.807, 2.05) is 19.9 Å². The van der Waals surface area contributed by atoms with Crippen molar-refractivity contribution in [3.63, 3.8) is 0 Å². The summed E-state index contributed by atoms with van der Waals surface area (Å²) in [5.41, 5.74) is 1.14. The van der Waals surface area contributed by atoms with Gasteiger partial charge in [0.25, 0.3) is 5.56 Å². The first-order valence-corrected chi connectivity index (χ1v) is 8.14. The molecule has 2 aromatic heterocycles. The predicted octanol–water partition coefficient (Wildman–Crippen LogP) is 0.0426. The van der Waals surface area contributed by atoms with Crippen LogP contribution in [0.4, 0.5) is 11.8 Å². The largest absolute Gasteiger partial charge is 0.357 e. The molecule has 0 radical (unpaired) electrons. The number of aromatic nitrogens is 4. The molecule has 0 amide bonds. The van der Waals surface area contributed by atoms with Crippen molar-refractivity contribution >= 4 is 11.8 Å². The van der Waals surface area contributed by atoms with Crippen molar-refractivity contribution in [1.82, 2.24) is 19.9 Å². The fourth-order valence-electron chi connectivity index (χ4n) is 3.83. The Hall–Kier alpha value is -2.64. The highest BCUT2D eigenvalue weighted by Crippen LogP contribution is 2.34. The van der Waals surface area contributed by atoms with E-state index in [1.54, 1.807) is 0 Å². The molecule has 4 heterocycles. The van der Waals surface area contributed by atoms with Crippen molar-refractivity contribution in [1.29, 1.82) is 0 Å². The third-order valence-electron chi connectivity index (χ3n) is 4.83. The third-order valence-corrected chi connectivity index (χ3v) is 4.83. The number of hydrogen-bond acceptors (Lipinski definition) is 6. The van der Waals surface area contributed by atoms with Crippen LogP contribution in [0.3, 0.4) is 0 Å². The first-order valence-electron chi connectivity index (χ1n) is 8.14. The van der Waals surface area contributed by atoms with E-state index in [-0.39, 0.29) is 5.56 Å². The van der Waals surface area contributed by atoms with Crippen LogP contribution in [0.25, 0.3) is 0 Å². The molecule has 2 aliphatic rings. The first kappa shape index (κ1) is 14.9. The lowest BCUT2D eigenvalue weighted by molar-refractivity contribution is 0.533. The molecule has 126 valence electrons. The van der Waals surface area contributed by atoms with E-state index in [0.717, 1.165) is 43.5 Å². The minimum Gasteiger partial charge on any atom is -0.357 e. The summed E-state index contributed by atoms with van der Waals surface area (Å²) in [6.07, 6.45) is 0. The zero-order chi connectivity index (χ0) is 16.8. The van der Waals surface area contributed by atoms with Crippen molar-refractivity contribution in [2.75, 3.05) is 36.0 Å². The summed E-state index contributed by atoms with van der Waals surface area (Å²) >= 11 is 0. The summed E-state index contributed by atoms with van der Waals surface area (Å²) in [7, 11) is 0. The Bertz CT molecular complexity index is 826. The van der Waals surface area contributed by atoms with Gasteiger partial charge in [0, 0.05) is 55.5 Å². The second-order valence-corrected chi connectivity index (χ2v) is 6.75. The molecule has 2 unspecified atom stereocenters. The number of aromatic amines is 2. The molecule has 8 heteroatoms. The molecule has 0 bridgehead atoms. The van der Waals surface area contributed by atoms with Crippen molar-refractivity contribution in [3.8, 4) is 0 Å². The highest BCUT2D eigenvalue weighted by atomic mass is 16.2. The Morgan fingerprint density at radius 3 is 2.08 bits per heavy atom. The monoisotopic (exact) mass is 328 g/mol. The van der Waals surface area contributed by atoms with Gasteiger partial charge in [-0.1, -0.05) is 0 Å². The zero-order valence-corrected chi connectivity index (χ0v) is 13.7. The van der Waals surface area contributed by atoms with Gasteiger partial charge < -0.3 is 9.80 Å². The van der Waals surface area contributed by atoms with Crippen LogP contribution >= 0.6 is 0 Å². The molecule has 0 aliphatic carbocycles. The Morgan fingerprint density at radius 1 is 0.917 bits per heavy atom. The Labute approximate surface area is 138 Å². The summed E-state index contributed by atoms with van der Waals surface area (Å²) in [6, 6.07) is 3.43. The van der Waals surface area contributed by atoms with Crippen LogP contribution in [0, 0.1) is 25.7 Å². The SMILES string of the molecule is Cc1cc(C)nc(N2CC3CN(c4cc(=O)[nH]c(=O)[nH]4)CC3C2)n1. The molecule has 8 nitrogen and oxygen atoms in total. The minimum absolute atomic E-state index is 0.365. The highest BCUT2D eigenvalue weighted by molar-refractivity contribution is 5.42. The number of hydrogen-bond donors (Lipinski definition) is 2. The molecule has 4 rings (SSSR count). The average Bonchev–Trinajstić information content (AvgIpc) is 3.03. The molecular formula is C16H20N6O2. The summed E-state index contributed by atoms with van der Waals surface area (Å²) < 4.78 is 0. The molecule has 24 heavy (non-hydrogen) atoms. The fraction of sp³-hybridized carbons (Fsp3) is 0.500. The maximum atomic E-state index is 11.5. The maximum absolute atomic E-state index is 11.5. The number of fused-ring (bicyclic) bond motifs is 1. The summed E-state index contributed by atoms with van der Waals surface area (Å²) in [5.74, 6) is 2.37. The van der Waals surface area contributed by atoms with Gasteiger partial charge in [0.2, 0.25) is 5.95 Å². The number of aryl methyl sites for hydroxylation is 2. The number of H-pyrrole nitrogens is 2. The molecule has 0 aromatic carbocycles. The standard InChI is InChI=1S/C16H20N6O2/c1-9-3-10(2)18-15(17-9)22-7-11-5-21(6-12(11)8-22)13-4-14(23)20-16(24)19-13/h3-4,11-12H,5-8H2,1-2H3,(H2,19,20,23,24). The summed E-state index contributed by atoms with van der Waals surface area (Å²) in [4.78, 5) is 41.3. The van der Waals surface area contributed by atoms with Crippen LogP contribution in [-0.2, 0) is 0 Å². The molecule has 2 N–H and O–H groups in total. The quantitative estimate of drug-likeness (QED) is 0.808. The smallest absolute Gasteiger partial charge is 0.327 e. The molecule has 2 aromatic rings. The number of rotatable bonds is 2. The second-order valence-electron chi connectivity index (χ2n) is 6.75. The van der Waals surface area contributed by atoms with Crippen LogP contribution in [-0.4, -0.2) is 46.1 Å². The van der Waals surface area contributed by atoms with Crippen molar-refractivity contribution in [3.05, 3.63) is 44.4 Å². The zero-order valence-electron chi connectivity index (χ0n) is 13.7. The van der Waals surface area contributed by atoms with Crippen molar-refractivity contribution in [2.45, 2.75) is 13.8 Å². The fourth-order valence-corrected chi connectivity index (χ4v) is 3.83. The minimum atomic E-state index is -0.458. The first-order chi connectivity index (χ1) is 11.5. The molecule has 0 saturated carbocycles. The molecule has 2 aliphatic heterocycles. The van der Waals surface area contributed by atoms with Crippen LogP contribution in [0.2, 0.25) is 0 Å². The Balaban J connectivity index is 1.50. The molecule has 2 atom stereocenters. The summed E-state index contributed by atoms with van der Waals surface area (Å²) in [5, 5.41) is 0. The van der Waals surface area contributed by atoms with E-state index in [2.05, 4.69) is 29.7 Å². The van der Waals surface area contributed by atoms with Crippen LogP contribution in [0.5, 0.6) is 0 Å². The van der Waals surface area contributed by atoms with Gasteiger partial charge in [-0.15, -0.1) is 0 Å². The Morgan fingerprint density at radius 2 is 1.50 bits per heavy atom. The number of nitrogens with zero attached hydrogens (tertiary/aromatic N) is 4. The molecule has 2 saturated heterocycles. The molecule has 0 spiro atoms. The van der Waals surface area contributed by atoms with Gasteiger partial charge in [-0.2, -0.15) is 0 Å². The van der Waals surface area contributed by atoms with E-state index >= 15 is 0 Å². The van der Waals surface area contributed by atoms with E-state index in [9.17, 15) is 9.59 Å². The van der Waals surface area contributed by atoms with E-state index in [0.29, 0.717) is 17.7 Å². The lowest BCUT2D eigenvalue weighted by Gasteiger charge is -2.22. The lowest BCUT2D eigenvalue weighted by Crippen LogP contribution is -2.33. The maximum Gasteiger partial charge on any atom is 0.327 e.